The molecule has 194 valence electrons. The summed E-state index contributed by atoms with van der Waals surface area (Å²) in [7, 11) is 0. The predicted molar refractivity (Wildman–Crippen MR) is 136 cm³/mol. The summed E-state index contributed by atoms with van der Waals surface area (Å²) >= 11 is 0. The molecule has 10 heteroatoms. The van der Waals surface area contributed by atoms with Crippen LogP contribution in [0.15, 0.2) is 46.0 Å². The van der Waals surface area contributed by atoms with Gasteiger partial charge in [-0.2, -0.15) is 9.37 Å². The van der Waals surface area contributed by atoms with Gasteiger partial charge in [-0.05, 0) is 68.9 Å². The Morgan fingerprint density at radius 2 is 1.76 bits per heavy atom. The second-order valence-electron chi connectivity index (χ2n) is 9.76. The monoisotopic (exact) mass is 509 g/mol. The number of hydrogen-bond donors (Lipinski definition) is 0. The first-order chi connectivity index (χ1) is 17.8. The van der Waals surface area contributed by atoms with Crippen molar-refractivity contribution in [2.24, 2.45) is 5.92 Å². The predicted octanol–water partition coefficient (Wildman–Crippen LogP) is 4.53. The molecule has 1 fully saturated rings. The molecule has 0 saturated heterocycles. The molecule has 1 saturated carbocycles. The van der Waals surface area contributed by atoms with E-state index in [4.69, 9.17) is 9.72 Å². The van der Waals surface area contributed by atoms with Crippen molar-refractivity contribution in [3.05, 3.63) is 74.6 Å². The van der Waals surface area contributed by atoms with Crippen LogP contribution in [-0.2, 0) is 13.1 Å². The lowest BCUT2D eigenvalue weighted by Crippen LogP contribution is -2.41. The fourth-order valence-electron chi connectivity index (χ4n) is 4.45. The number of aromatic nitrogens is 5. The molecule has 4 aromatic rings. The van der Waals surface area contributed by atoms with E-state index in [1.54, 1.807) is 16.7 Å². The molecule has 0 amide bonds. The van der Waals surface area contributed by atoms with Crippen molar-refractivity contribution < 1.29 is 13.5 Å². The minimum atomic E-state index is -0.694. The van der Waals surface area contributed by atoms with Crippen LogP contribution in [-0.4, -0.2) is 30.3 Å². The quantitative estimate of drug-likeness (QED) is 0.310. The van der Waals surface area contributed by atoms with Crippen LogP contribution < -0.4 is 16.0 Å². The van der Waals surface area contributed by atoms with Crippen LogP contribution in [0, 0.1) is 17.7 Å². The first-order valence-electron chi connectivity index (χ1n) is 12.6. The molecule has 0 N–H and O–H groups in total. The molecule has 0 aliphatic heterocycles. The summed E-state index contributed by atoms with van der Waals surface area (Å²) in [5.74, 6) is -0.270. The summed E-state index contributed by atoms with van der Waals surface area (Å²) in [4.78, 5) is 35.8. The maximum absolute atomic E-state index is 14.2. The average molecular weight is 510 g/mol. The van der Waals surface area contributed by atoms with E-state index in [-0.39, 0.29) is 42.0 Å². The number of rotatable bonds is 9. The zero-order valence-electron chi connectivity index (χ0n) is 21.1. The van der Waals surface area contributed by atoms with Crippen molar-refractivity contribution in [2.45, 2.75) is 59.2 Å². The topological polar surface area (TPSA) is 83.9 Å². The van der Waals surface area contributed by atoms with Crippen LogP contribution in [0.5, 0.6) is 5.88 Å². The molecule has 0 spiro atoms. The summed E-state index contributed by atoms with van der Waals surface area (Å²) in [5.41, 5.74) is 0.696. The standard InChI is InChI=1S/C27H29F2N5O3/c1-4-13-32-26(35)22-24(34(16(2)3)27(32)36)31-23(33(22)14-17-7-9-19(28)10-8-17)20-11-12-21(29)30-25(20)37-15-18-5-6-18/h7-12,16,18H,4-6,13-15H2,1-3H3. The number of imidazole rings is 1. The number of ether oxygens (including phenoxy) is 1. The van der Waals surface area contributed by atoms with Gasteiger partial charge in [0.2, 0.25) is 11.8 Å². The van der Waals surface area contributed by atoms with Gasteiger partial charge in [0.1, 0.15) is 11.6 Å². The molecule has 3 heterocycles. The highest BCUT2D eigenvalue weighted by molar-refractivity contribution is 5.78. The SMILES string of the molecule is CCCn1c(=O)c2c(nc(-c3ccc(F)nc3OCC3CC3)n2Cc2ccc(F)cc2)n(C(C)C)c1=O. The lowest BCUT2D eigenvalue weighted by molar-refractivity contribution is 0.285. The van der Waals surface area contributed by atoms with Crippen LogP contribution in [0.4, 0.5) is 8.78 Å². The second-order valence-corrected chi connectivity index (χ2v) is 9.76. The molecule has 1 aliphatic carbocycles. The van der Waals surface area contributed by atoms with Crippen molar-refractivity contribution in [1.82, 2.24) is 23.7 Å². The van der Waals surface area contributed by atoms with Gasteiger partial charge >= 0.3 is 5.69 Å². The van der Waals surface area contributed by atoms with Crippen molar-refractivity contribution in [2.75, 3.05) is 6.61 Å². The highest BCUT2D eigenvalue weighted by Crippen LogP contribution is 2.34. The van der Waals surface area contributed by atoms with Gasteiger partial charge in [0.05, 0.1) is 12.2 Å². The zero-order valence-corrected chi connectivity index (χ0v) is 21.1. The molecule has 5 rings (SSSR count). The van der Waals surface area contributed by atoms with Gasteiger partial charge in [-0.25, -0.2) is 14.2 Å². The number of nitrogens with zero attached hydrogens (tertiary/aromatic N) is 5. The average Bonchev–Trinajstić information content (AvgIpc) is 3.62. The van der Waals surface area contributed by atoms with E-state index < -0.39 is 17.2 Å². The van der Waals surface area contributed by atoms with E-state index in [1.165, 1.54) is 33.4 Å². The third-order valence-corrected chi connectivity index (χ3v) is 6.50. The molecule has 3 aromatic heterocycles. The Morgan fingerprint density at radius 3 is 2.41 bits per heavy atom. The normalized spacial score (nSPS) is 13.6. The number of hydrogen-bond acceptors (Lipinski definition) is 5. The summed E-state index contributed by atoms with van der Waals surface area (Å²) < 4.78 is 38.1. The molecule has 0 atom stereocenters. The number of pyridine rings is 1. The van der Waals surface area contributed by atoms with E-state index in [9.17, 15) is 18.4 Å². The molecular formula is C27H29F2N5O3. The van der Waals surface area contributed by atoms with Crippen LogP contribution in [0.3, 0.4) is 0 Å². The van der Waals surface area contributed by atoms with Gasteiger partial charge in [0.15, 0.2) is 11.2 Å². The fraction of sp³-hybridized carbons (Fsp3) is 0.407. The maximum Gasteiger partial charge on any atom is 0.332 e. The summed E-state index contributed by atoms with van der Waals surface area (Å²) in [6.07, 6.45) is 2.69. The smallest absolute Gasteiger partial charge is 0.332 e. The van der Waals surface area contributed by atoms with Crippen molar-refractivity contribution >= 4 is 11.2 Å². The molecule has 8 nitrogen and oxygen atoms in total. The summed E-state index contributed by atoms with van der Waals surface area (Å²) in [6, 6.07) is 8.40. The Hall–Kier alpha value is -3.82. The minimum absolute atomic E-state index is 0.0786. The van der Waals surface area contributed by atoms with Gasteiger partial charge in [0.25, 0.3) is 5.56 Å². The van der Waals surface area contributed by atoms with Crippen molar-refractivity contribution in [3.63, 3.8) is 0 Å². The first kappa shape index (κ1) is 24.9. The van der Waals surface area contributed by atoms with Gasteiger partial charge in [-0.15, -0.1) is 0 Å². The van der Waals surface area contributed by atoms with Gasteiger partial charge in [-0.3, -0.25) is 13.9 Å². The van der Waals surface area contributed by atoms with Crippen LogP contribution in [0.25, 0.3) is 22.6 Å². The Balaban J connectivity index is 1.81. The largest absolute Gasteiger partial charge is 0.477 e. The molecule has 0 unspecified atom stereocenters. The third kappa shape index (κ3) is 4.80. The van der Waals surface area contributed by atoms with Crippen LogP contribution in [0.2, 0.25) is 0 Å². The number of fused-ring (bicyclic) bond motifs is 1. The van der Waals surface area contributed by atoms with Gasteiger partial charge in [0, 0.05) is 19.1 Å². The molecule has 0 bridgehead atoms. The van der Waals surface area contributed by atoms with E-state index in [0.29, 0.717) is 30.3 Å². The lowest BCUT2D eigenvalue weighted by atomic mass is 10.2. The Kier molecular flexibility index (Phi) is 6.66. The Labute approximate surface area is 212 Å². The minimum Gasteiger partial charge on any atom is -0.477 e. The van der Waals surface area contributed by atoms with Crippen molar-refractivity contribution in [1.29, 1.82) is 0 Å². The number of halogens is 2. The summed E-state index contributed by atoms with van der Waals surface area (Å²) in [5, 5.41) is 0. The summed E-state index contributed by atoms with van der Waals surface area (Å²) in [6.45, 7) is 6.43. The molecule has 37 heavy (non-hydrogen) atoms. The number of benzene rings is 1. The van der Waals surface area contributed by atoms with E-state index in [1.807, 2.05) is 20.8 Å². The molecule has 1 aromatic carbocycles. The third-order valence-electron chi connectivity index (χ3n) is 6.50. The van der Waals surface area contributed by atoms with E-state index in [2.05, 4.69) is 4.98 Å². The highest BCUT2D eigenvalue weighted by atomic mass is 19.1. The maximum atomic E-state index is 14.2. The van der Waals surface area contributed by atoms with Gasteiger partial charge in [-0.1, -0.05) is 19.1 Å². The second kappa shape index (κ2) is 9.91. The first-order valence-corrected chi connectivity index (χ1v) is 12.6. The zero-order chi connectivity index (χ0) is 26.3. The van der Waals surface area contributed by atoms with E-state index in [0.717, 1.165) is 18.4 Å². The molecule has 1 aliphatic rings. The Bertz CT molecular complexity index is 1570. The highest BCUT2D eigenvalue weighted by Gasteiger charge is 2.27. The van der Waals surface area contributed by atoms with E-state index >= 15 is 0 Å². The lowest BCUT2D eigenvalue weighted by Gasteiger charge is -2.15. The van der Waals surface area contributed by atoms with Crippen molar-refractivity contribution in [3.8, 4) is 17.3 Å². The molecule has 0 radical (unpaired) electrons. The van der Waals surface area contributed by atoms with Crippen LogP contribution >= 0.6 is 0 Å². The van der Waals surface area contributed by atoms with Crippen LogP contribution in [0.1, 0.15) is 51.6 Å². The van der Waals surface area contributed by atoms with Gasteiger partial charge < -0.3 is 9.30 Å². The molecular weight excluding hydrogens is 480 g/mol. The Morgan fingerprint density at radius 1 is 1.03 bits per heavy atom. The fourth-order valence-corrected chi connectivity index (χ4v) is 4.45.